The maximum absolute atomic E-state index is 12.7. The van der Waals surface area contributed by atoms with Crippen molar-refractivity contribution < 1.29 is 9.59 Å². The molecule has 1 aromatic heterocycles. The first kappa shape index (κ1) is 23.3. The van der Waals surface area contributed by atoms with E-state index in [1.807, 2.05) is 31.2 Å². The van der Waals surface area contributed by atoms with Gasteiger partial charge in [-0.1, -0.05) is 35.5 Å². The number of rotatable bonds is 8. The van der Waals surface area contributed by atoms with Crippen LogP contribution in [0.4, 0.5) is 10.5 Å². The lowest BCUT2D eigenvalue weighted by atomic mass is 10.0. The Morgan fingerprint density at radius 2 is 1.88 bits per heavy atom. The van der Waals surface area contributed by atoms with Gasteiger partial charge in [0.05, 0.1) is 18.3 Å². The van der Waals surface area contributed by atoms with Crippen molar-refractivity contribution in [1.82, 2.24) is 25.6 Å². The molecule has 4 rings (SSSR count). The zero-order chi connectivity index (χ0) is 24.3. The van der Waals surface area contributed by atoms with E-state index in [2.05, 4.69) is 50.1 Å². The van der Waals surface area contributed by atoms with E-state index in [1.54, 1.807) is 24.7 Å². The van der Waals surface area contributed by atoms with Gasteiger partial charge in [-0.25, -0.2) is 4.79 Å². The summed E-state index contributed by atoms with van der Waals surface area (Å²) >= 11 is 0. The Hall–Kier alpha value is -3.88. The first-order chi connectivity index (χ1) is 16.2. The van der Waals surface area contributed by atoms with Gasteiger partial charge in [-0.2, -0.15) is 0 Å². The molecule has 1 aliphatic rings. The minimum atomic E-state index is -0.741. The van der Waals surface area contributed by atoms with Crippen LogP contribution in [0.15, 0.2) is 54.7 Å². The van der Waals surface area contributed by atoms with Gasteiger partial charge >= 0.3 is 6.03 Å². The molecule has 3 aromatic rings. The third-order valence-electron chi connectivity index (χ3n) is 6.03. The largest absolute Gasteiger partial charge is 0.367 e. The van der Waals surface area contributed by atoms with Crippen LogP contribution in [0.25, 0.3) is 0 Å². The molecule has 0 spiro atoms. The number of nitrogens with zero attached hydrogens (tertiary/aromatic N) is 4. The van der Waals surface area contributed by atoms with Crippen LogP contribution in [-0.2, 0) is 25.0 Å². The van der Waals surface area contributed by atoms with E-state index in [0.29, 0.717) is 17.8 Å². The number of nitrogens with one attached hydrogen (secondary N) is 2. The van der Waals surface area contributed by atoms with Crippen LogP contribution in [0.3, 0.4) is 0 Å². The molecule has 1 atom stereocenters. The van der Waals surface area contributed by atoms with Gasteiger partial charge in [0.1, 0.15) is 5.69 Å². The summed E-state index contributed by atoms with van der Waals surface area (Å²) in [5.74, 6) is -0.137. The fourth-order valence-electron chi connectivity index (χ4n) is 4.23. The summed E-state index contributed by atoms with van der Waals surface area (Å²) in [6.07, 6.45) is 2.81. The van der Waals surface area contributed by atoms with Crippen LogP contribution in [0.2, 0.25) is 0 Å². The van der Waals surface area contributed by atoms with Crippen molar-refractivity contribution in [2.75, 3.05) is 11.4 Å². The third-order valence-corrected chi connectivity index (χ3v) is 6.03. The van der Waals surface area contributed by atoms with Crippen LogP contribution < -0.4 is 21.3 Å². The number of urea groups is 1. The first-order valence-corrected chi connectivity index (χ1v) is 11.4. The number of para-hydroxylation sites is 1. The van der Waals surface area contributed by atoms with Gasteiger partial charge in [0.2, 0.25) is 0 Å². The van der Waals surface area contributed by atoms with Gasteiger partial charge in [0.15, 0.2) is 0 Å². The first-order valence-electron chi connectivity index (χ1n) is 11.4. The van der Waals surface area contributed by atoms with E-state index < -0.39 is 11.6 Å². The summed E-state index contributed by atoms with van der Waals surface area (Å²) in [5, 5.41) is 13.9. The highest BCUT2D eigenvalue weighted by Crippen LogP contribution is 2.28. The number of hydrogen-bond acceptors (Lipinski definition) is 5. The van der Waals surface area contributed by atoms with Crippen molar-refractivity contribution in [3.63, 3.8) is 0 Å². The maximum Gasteiger partial charge on any atom is 0.312 e. The van der Waals surface area contributed by atoms with E-state index in [4.69, 9.17) is 5.73 Å². The molecule has 0 saturated heterocycles. The number of hydrogen-bond donors (Lipinski definition) is 3. The minimum Gasteiger partial charge on any atom is -0.367 e. The van der Waals surface area contributed by atoms with Crippen molar-refractivity contribution in [3.05, 3.63) is 77.1 Å². The summed E-state index contributed by atoms with van der Waals surface area (Å²) in [6.45, 7) is 7.78. The Morgan fingerprint density at radius 3 is 2.62 bits per heavy atom. The second kappa shape index (κ2) is 9.54. The molecule has 0 aliphatic carbocycles. The Labute approximate surface area is 199 Å². The number of fused-ring (bicyclic) bond motifs is 1. The van der Waals surface area contributed by atoms with E-state index in [1.165, 1.54) is 16.8 Å². The van der Waals surface area contributed by atoms with E-state index >= 15 is 0 Å². The lowest BCUT2D eigenvalue weighted by Gasteiger charge is -2.22. The number of benzene rings is 2. The molecular formula is C25H31N7O2. The number of nitrogens with two attached hydrogens (primary N) is 1. The average molecular weight is 462 g/mol. The average Bonchev–Trinajstić information content (AvgIpc) is 3.41. The Morgan fingerprint density at radius 1 is 1.15 bits per heavy atom. The van der Waals surface area contributed by atoms with Crippen molar-refractivity contribution >= 4 is 17.6 Å². The molecule has 0 radical (unpaired) electrons. The van der Waals surface area contributed by atoms with Crippen LogP contribution in [-0.4, -0.2) is 39.5 Å². The summed E-state index contributed by atoms with van der Waals surface area (Å²) in [5.41, 5.74) is 9.54. The summed E-state index contributed by atoms with van der Waals surface area (Å²) in [7, 11) is 0. The minimum absolute atomic E-state index is 0.137. The van der Waals surface area contributed by atoms with Gasteiger partial charge < -0.3 is 21.3 Å². The summed E-state index contributed by atoms with van der Waals surface area (Å²) in [4.78, 5) is 26.3. The number of aromatic nitrogens is 3. The topological polar surface area (TPSA) is 118 Å². The summed E-state index contributed by atoms with van der Waals surface area (Å²) < 4.78 is 1.64. The van der Waals surface area contributed by atoms with E-state index in [-0.39, 0.29) is 11.9 Å². The Balaban J connectivity index is 1.31. The molecule has 0 fully saturated rings. The molecule has 178 valence electrons. The quantitative estimate of drug-likeness (QED) is 0.476. The molecule has 0 bridgehead atoms. The third kappa shape index (κ3) is 5.36. The summed E-state index contributed by atoms with van der Waals surface area (Å²) in [6, 6.07) is 15.5. The molecule has 2 aromatic carbocycles. The molecule has 2 heterocycles. The highest BCUT2D eigenvalue weighted by atomic mass is 16.2. The highest BCUT2D eigenvalue weighted by molar-refractivity contribution is 5.94. The van der Waals surface area contributed by atoms with E-state index in [0.717, 1.165) is 19.5 Å². The van der Waals surface area contributed by atoms with Crippen LogP contribution in [0.1, 0.15) is 48.0 Å². The van der Waals surface area contributed by atoms with E-state index in [9.17, 15) is 9.59 Å². The monoisotopic (exact) mass is 461 g/mol. The van der Waals surface area contributed by atoms with Crippen molar-refractivity contribution in [2.45, 2.75) is 51.9 Å². The Kier molecular flexibility index (Phi) is 6.54. The number of carbonyl (C=O) groups is 2. The number of primary amides is 1. The van der Waals surface area contributed by atoms with Gasteiger partial charge in [-0.15, -0.1) is 5.10 Å². The molecule has 9 nitrogen and oxygen atoms in total. The molecule has 9 heteroatoms. The normalized spacial score (nSPS) is 13.9. The standard InChI is InChI=1S/C25H31N7O2/c1-17(14-32-16-22(29-30-32)25(2,3)28-24(26)34)27-23(33)20-10-8-18(9-11-20)15-31-13-12-19-6-4-5-7-21(19)31/h4-11,16-17H,12-15H2,1-3H3,(H,27,33)(H3,26,28,34)/t17-/m0/s1. The smallest absolute Gasteiger partial charge is 0.312 e. The van der Waals surface area contributed by atoms with Gasteiger partial charge in [0.25, 0.3) is 5.91 Å². The zero-order valence-corrected chi connectivity index (χ0v) is 19.8. The predicted octanol–water partition coefficient (Wildman–Crippen LogP) is 2.56. The van der Waals surface area contributed by atoms with Crippen molar-refractivity contribution in [1.29, 1.82) is 0 Å². The highest BCUT2D eigenvalue weighted by Gasteiger charge is 2.26. The second-order valence-electron chi connectivity index (χ2n) is 9.31. The van der Waals surface area contributed by atoms with Gasteiger partial charge in [-0.3, -0.25) is 9.48 Å². The van der Waals surface area contributed by atoms with Gasteiger partial charge in [-0.05, 0) is 56.5 Å². The molecular weight excluding hydrogens is 430 g/mol. The Bertz CT molecular complexity index is 1170. The second-order valence-corrected chi connectivity index (χ2v) is 9.31. The molecule has 0 unspecified atom stereocenters. The van der Waals surface area contributed by atoms with Crippen molar-refractivity contribution in [3.8, 4) is 0 Å². The number of amides is 3. The molecule has 3 amide bonds. The SMILES string of the molecule is C[C@@H](Cn1cc(C(C)(C)NC(N)=O)nn1)NC(=O)c1ccc(CN2CCc3ccccc32)cc1. The van der Waals surface area contributed by atoms with Gasteiger partial charge in [0, 0.05) is 30.4 Å². The molecule has 0 saturated carbocycles. The fraction of sp³-hybridized carbons (Fsp3) is 0.360. The lowest BCUT2D eigenvalue weighted by molar-refractivity contribution is 0.0936. The lowest BCUT2D eigenvalue weighted by Crippen LogP contribution is -2.44. The van der Waals surface area contributed by atoms with Crippen LogP contribution in [0.5, 0.6) is 0 Å². The predicted molar refractivity (Wildman–Crippen MR) is 130 cm³/mol. The molecule has 4 N–H and O–H groups in total. The van der Waals surface area contributed by atoms with Crippen molar-refractivity contribution in [2.24, 2.45) is 5.73 Å². The fourth-order valence-corrected chi connectivity index (χ4v) is 4.23. The number of carbonyl (C=O) groups excluding carboxylic acids is 2. The van der Waals surface area contributed by atoms with Crippen LogP contribution >= 0.6 is 0 Å². The zero-order valence-electron chi connectivity index (χ0n) is 19.8. The molecule has 34 heavy (non-hydrogen) atoms. The van der Waals surface area contributed by atoms with Crippen LogP contribution in [0, 0.1) is 0 Å². The maximum atomic E-state index is 12.7. The molecule has 1 aliphatic heterocycles. The number of anilines is 1.